The minimum atomic E-state index is -0.577. The van der Waals surface area contributed by atoms with Gasteiger partial charge in [-0.15, -0.1) is 0 Å². The summed E-state index contributed by atoms with van der Waals surface area (Å²) >= 11 is 0. The van der Waals surface area contributed by atoms with Gasteiger partial charge in [0.15, 0.2) is 0 Å². The quantitative estimate of drug-likeness (QED) is 0.904. The van der Waals surface area contributed by atoms with Crippen molar-refractivity contribution in [1.29, 1.82) is 0 Å². The number of dihydropyridines is 1. The van der Waals surface area contributed by atoms with Crippen LogP contribution in [0.15, 0.2) is 66.4 Å². The van der Waals surface area contributed by atoms with E-state index < -0.39 is 6.10 Å². The molecule has 22 heavy (non-hydrogen) atoms. The zero-order chi connectivity index (χ0) is 15.5. The van der Waals surface area contributed by atoms with Gasteiger partial charge in [-0.3, -0.25) is 0 Å². The van der Waals surface area contributed by atoms with Crippen LogP contribution in [-0.2, 0) is 0 Å². The lowest BCUT2D eigenvalue weighted by atomic mass is 10.1. The normalized spacial score (nSPS) is 17.3. The molecule has 0 radical (unpaired) electrons. The second kappa shape index (κ2) is 6.03. The van der Waals surface area contributed by atoms with E-state index in [-0.39, 0.29) is 5.82 Å². The largest absolute Gasteiger partial charge is 0.457 e. The number of allylic oxidation sites excluding steroid dienone is 1. The Labute approximate surface area is 128 Å². The van der Waals surface area contributed by atoms with Crippen LogP contribution in [-0.4, -0.2) is 11.2 Å². The first kappa shape index (κ1) is 14.4. The van der Waals surface area contributed by atoms with Crippen molar-refractivity contribution in [3.8, 4) is 11.5 Å². The molecular weight excluding hydrogens is 281 g/mol. The molecule has 0 fully saturated rings. The number of hydrogen-bond donors (Lipinski definition) is 2. The lowest BCUT2D eigenvalue weighted by molar-refractivity contribution is 0.268. The van der Waals surface area contributed by atoms with Crippen LogP contribution in [0, 0.1) is 5.82 Å². The summed E-state index contributed by atoms with van der Waals surface area (Å²) in [5.41, 5.74) is 2.73. The summed E-state index contributed by atoms with van der Waals surface area (Å²) in [6.07, 6.45) is 2.92. The van der Waals surface area contributed by atoms with Crippen LogP contribution in [0.5, 0.6) is 11.5 Å². The predicted octanol–water partition coefficient (Wildman–Crippen LogP) is 3.83. The van der Waals surface area contributed by atoms with Gasteiger partial charge in [0.05, 0.1) is 6.10 Å². The standard InChI is InChI=1S/C18H16FNO2/c1-12-10-15(21)11-18(20-12)13-2-6-16(7-3-13)22-17-8-4-14(19)5-9-17/h2-11,15,20-21H,1H3. The molecule has 3 nitrogen and oxygen atoms in total. The third-order valence-corrected chi connectivity index (χ3v) is 3.30. The number of ether oxygens (including phenoxy) is 1. The first-order valence-corrected chi connectivity index (χ1v) is 6.99. The maximum atomic E-state index is 12.9. The fourth-order valence-corrected chi connectivity index (χ4v) is 2.28. The van der Waals surface area contributed by atoms with Gasteiger partial charge in [-0.25, -0.2) is 4.39 Å². The maximum Gasteiger partial charge on any atom is 0.127 e. The number of aliphatic hydroxyl groups is 1. The van der Waals surface area contributed by atoms with Gasteiger partial charge in [0, 0.05) is 11.4 Å². The summed E-state index contributed by atoms with van der Waals surface area (Å²) in [6.45, 7) is 1.90. The minimum absolute atomic E-state index is 0.292. The first-order valence-electron chi connectivity index (χ1n) is 6.99. The van der Waals surface area contributed by atoms with Gasteiger partial charge in [0.2, 0.25) is 0 Å². The molecule has 1 unspecified atom stereocenters. The molecule has 2 N–H and O–H groups in total. The molecule has 4 heteroatoms. The highest BCUT2D eigenvalue weighted by Crippen LogP contribution is 2.25. The van der Waals surface area contributed by atoms with Gasteiger partial charge in [-0.05, 0) is 73.2 Å². The molecule has 1 heterocycles. The number of hydrogen-bond acceptors (Lipinski definition) is 3. The number of halogens is 1. The van der Waals surface area contributed by atoms with E-state index in [1.807, 2.05) is 31.2 Å². The van der Waals surface area contributed by atoms with Crippen molar-refractivity contribution in [2.45, 2.75) is 13.0 Å². The molecule has 0 aliphatic carbocycles. The average molecular weight is 297 g/mol. The molecule has 112 valence electrons. The van der Waals surface area contributed by atoms with E-state index in [4.69, 9.17) is 4.74 Å². The van der Waals surface area contributed by atoms with Crippen LogP contribution in [0.1, 0.15) is 12.5 Å². The van der Waals surface area contributed by atoms with E-state index in [0.717, 1.165) is 17.0 Å². The lowest BCUT2D eigenvalue weighted by Gasteiger charge is -2.18. The van der Waals surface area contributed by atoms with Gasteiger partial charge in [0.25, 0.3) is 0 Å². The Balaban J connectivity index is 1.74. The molecule has 2 aromatic rings. The first-order chi connectivity index (χ1) is 10.6. The smallest absolute Gasteiger partial charge is 0.127 e. The Morgan fingerprint density at radius 2 is 1.55 bits per heavy atom. The molecule has 1 aliphatic heterocycles. The van der Waals surface area contributed by atoms with Crippen LogP contribution >= 0.6 is 0 Å². The summed E-state index contributed by atoms with van der Waals surface area (Å²) in [5.74, 6) is 0.956. The SMILES string of the molecule is CC1=CC(O)C=C(c2ccc(Oc3ccc(F)cc3)cc2)N1. The third kappa shape index (κ3) is 3.35. The Bertz CT molecular complexity index is 718. The topological polar surface area (TPSA) is 41.5 Å². The lowest BCUT2D eigenvalue weighted by Crippen LogP contribution is -2.18. The van der Waals surface area contributed by atoms with Gasteiger partial charge < -0.3 is 15.2 Å². The fraction of sp³-hybridized carbons (Fsp3) is 0.111. The van der Waals surface area contributed by atoms with Crippen LogP contribution in [0.2, 0.25) is 0 Å². The second-order valence-corrected chi connectivity index (χ2v) is 5.13. The van der Waals surface area contributed by atoms with Crippen molar-refractivity contribution in [3.63, 3.8) is 0 Å². The van der Waals surface area contributed by atoms with Gasteiger partial charge >= 0.3 is 0 Å². The van der Waals surface area contributed by atoms with Crippen LogP contribution in [0.3, 0.4) is 0 Å². The van der Waals surface area contributed by atoms with Crippen molar-refractivity contribution >= 4 is 5.70 Å². The zero-order valence-corrected chi connectivity index (χ0v) is 12.1. The van der Waals surface area contributed by atoms with Crippen molar-refractivity contribution in [1.82, 2.24) is 5.32 Å². The second-order valence-electron chi connectivity index (χ2n) is 5.13. The van der Waals surface area contributed by atoms with E-state index in [0.29, 0.717) is 11.5 Å². The molecule has 0 aromatic heterocycles. The fourth-order valence-electron chi connectivity index (χ4n) is 2.28. The molecule has 0 spiro atoms. The molecule has 0 bridgehead atoms. The van der Waals surface area contributed by atoms with E-state index in [2.05, 4.69) is 5.32 Å². The third-order valence-electron chi connectivity index (χ3n) is 3.30. The monoisotopic (exact) mass is 297 g/mol. The number of benzene rings is 2. The average Bonchev–Trinajstić information content (AvgIpc) is 2.49. The molecule has 0 saturated carbocycles. The van der Waals surface area contributed by atoms with Crippen LogP contribution in [0.25, 0.3) is 5.70 Å². The highest BCUT2D eigenvalue weighted by Gasteiger charge is 2.10. The highest BCUT2D eigenvalue weighted by atomic mass is 19.1. The Hall–Kier alpha value is -2.59. The highest BCUT2D eigenvalue weighted by molar-refractivity contribution is 5.68. The van der Waals surface area contributed by atoms with E-state index in [1.165, 1.54) is 12.1 Å². The molecule has 1 aliphatic rings. The Kier molecular flexibility index (Phi) is 3.94. The molecule has 0 amide bonds. The summed E-state index contributed by atoms with van der Waals surface area (Å²) in [7, 11) is 0. The maximum absolute atomic E-state index is 12.9. The Morgan fingerprint density at radius 3 is 2.14 bits per heavy atom. The summed E-state index contributed by atoms with van der Waals surface area (Å²) in [6, 6.07) is 13.4. The van der Waals surface area contributed by atoms with Crippen molar-refractivity contribution < 1.29 is 14.2 Å². The molecule has 1 atom stereocenters. The summed E-state index contributed by atoms with van der Waals surface area (Å²) < 4.78 is 18.5. The van der Waals surface area contributed by atoms with Crippen molar-refractivity contribution in [3.05, 3.63) is 77.8 Å². The molecule has 2 aromatic carbocycles. The van der Waals surface area contributed by atoms with Gasteiger partial charge in [-0.2, -0.15) is 0 Å². The molecule has 3 rings (SSSR count). The molecule has 0 saturated heterocycles. The van der Waals surface area contributed by atoms with Crippen molar-refractivity contribution in [2.24, 2.45) is 0 Å². The summed E-state index contributed by atoms with van der Waals surface area (Å²) in [5, 5.41) is 13.0. The van der Waals surface area contributed by atoms with Crippen LogP contribution in [0.4, 0.5) is 4.39 Å². The Morgan fingerprint density at radius 1 is 0.955 bits per heavy atom. The molecular formula is C18H16FNO2. The minimum Gasteiger partial charge on any atom is -0.457 e. The van der Waals surface area contributed by atoms with Gasteiger partial charge in [-0.1, -0.05) is 0 Å². The number of aliphatic hydroxyl groups excluding tert-OH is 1. The van der Waals surface area contributed by atoms with E-state index in [1.54, 1.807) is 24.3 Å². The number of rotatable bonds is 3. The number of nitrogens with one attached hydrogen (secondary N) is 1. The van der Waals surface area contributed by atoms with Gasteiger partial charge in [0.1, 0.15) is 17.3 Å². The summed E-state index contributed by atoms with van der Waals surface area (Å²) in [4.78, 5) is 0. The van der Waals surface area contributed by atoms with Crippen molar-refractivity contribution in [2.75, 3.05) is 0 Å². The zero-order valence-electron chi connectivity index (χ0n) is 12.1. The van der Waals surface area contributed by atoms with E-state index >= 15 is 0 Å². The predicted molar refractivity (Wildman–Crippen MR) is 83.8 cm³/mol. The van der Waals surface area contributed by atoms with E-state index in [9.17, 15) is 9.50 Å². The van der Waals surface area contributed by atoms with Crippen LogP contribution < -0.4 is 10.1 Å².